The lowest BCUT2D eigenvalue weighted by Crippen LogP contribution is -2.58. The predicted molar refractivity (Wildman–Crippen MR) is 118 cm³/mol. The summed E-state index contributed by atoms with van der Waals surface area (Å²) in [4.78, 5) is 0. The maximum Gasteiger partial charge on any atom is 0.431 e. The molecule has 0 aromatic heterocycles. The Kier molecular flexibility index (Phi) is 7.03. The van der Waals surface area contributed by atoms with Crippen molar-refractivity contribution >= 4 is 0 Å². The Morgan fingerprint density at radius 1 is 0.861 bits per heavy atom. The minimum Gasteiger partial charge on any atom is -0.457 e. The third-order valence-electron chi connectivity index (χ3n) is 5.91. The molecule has 1 aliphatic carbocycles. The van der Waals surface area contributed by atoms with Gasteiger partial charge in [0.1, 0.15) is 17.3 Å². The monoisotopic (exact) mass is 513 g/mol. The molecule has 1 aliphatic rings. The van der Waals surface area contributed by atoms with Crippen molar-refractivity contribution in [1.29, 1.82) is 0 Å². The second kappa shape index (κ2) is 9.74. The van der Waals surface area contributed by atoms with Crippen LogP contribution in [0.5, 0.6) is 11.5 Å². The largest absolute Gasteiger partial charge is 0.457 e. The highest BCUT2D eigenvalue weighted by atomic mass is 19.4. The van der Waals surface area contributed by atoms with E-state index < -0.39 is 48.0 Å². The highest BCUT2D eigenvalue weighted by Crippen LogP contribution is 2.41. The van der Waals surface area contributed by atoms with Crippen molar-refractivity contribution in [2.75, 3.05) is 0 Å². The summed E-state index contributed by atoms with van der Waals surface area (Å²) in [5.74, 6) is 0.105. The Balaban J connectivity index is 1.51. The molecule has 192 valence electrons. The molecular weight excluding hydrogens is 491 g/mol. The molecule has 0 unspecified atom stereocenters. The molecule has 0 spiro atoms. The highest BCUT2D eigenvalue weighted by Gasteiger charge is 2.53. The molecule has 3 aromatic carbocycles. The van der Waals surface area contributed by atoms with Crippen LogP contribution in [0.25, 0.3) is 0 Å². The quantitative estimate of drug-likeness (QED) is 0.250. The van der Waals surface area contributed by atoms with E-state index in [1.807, 2.05) is 18.2 Å². The second-order valence-electron chi connectivity index (χ2n) is 8.79. The number of hydrogen-bond donors (Lipinski definition) is 2. The van der Waals surface area contributed by atoms with E-state index >= 15 is 0 Å². The minimum absolute atomic E-state index is 0.0442. The van der Waals surface area contributed by atoms with Gasteiger partial charge in [-0.2, -0.15) is 26.3 Å². The lowest BCUT2D eigenvalue weighted by atomic mass is 10.0. The topological polar surface area (TPSA) is 41.5 Å². The SMILES string of the molecule is O[C@@](Cc1cccc(Oc2cccc(C3CC3)c2)c1)(NCc1cc(C(F)(F)F)ccc1F)C(F)(F)F. The van der Waals surface area contributed by atoms with Gasteiger partial charge >= 0.3 is 12.4 Å². The summed E-state index contributed by atoms with van der Waals surface area (Å²) in [6.45, 7) is -0.990. The van der Waals surface area contributed by atoms with Gasteiger partial charge in [0.2, 0.25) is 5.72 Å². The van der Waals surface area contributed by atoms with E-state index in [1.165, 1.54) is 18.2 Å². The van der Waals surface area contributed by atoms with Crippen molar-refractivity contribution in [1.82, 2.24) is 5.32 Å². The molecule has 0 amide bonds. The summed E-state index contributed by atoms with van der Waals surface area (Å²) in [5.41, 5.74) is -4.27. The molecule has 1 fully saturated rings. The maximum atomic E-state index is 14.0. The summed E-state index contributed by atoms with van der Waals surface area (Å²) in [6, 6.07) is 14.5. The zero-order valence-electron chi connectivity index (χ0n) is 18.8. The molecule has 0 heterocycles. The molecule has 3 nitrogen and oxygen atoms in total. The van der Waals surface area contributed by atoms with Gasteiger partial charge in [-0.05, 0) is 72.4 Å². The van der Waals surface area contributed by atoms with Crippen LogP contribution in [-0.2, 0) is 19.1 Å². The molecule has 0 radical (unpaired) electrons. The normalized spacial score (nSPS) is 16.0. The summed E-state index contributed by atoms with van der Waals surface area (Å²) in [6.07, 6.45) is -8.84. The fraction of sp³-hybridized carbons (Fsp3) is 0.308. The van der Waals surface area contributed by atoms with Crippen LogP contribution < -0.4 is 10.1 Å². The zero-order chi connectivity index (χ0) is 26.1. The fourth-order valence-corrected chi connectivity index (χ4v) is 3.79. The molecule has 0 bridgehead atoms. The second-order valence-corrected chi connectivity index (χ2v) is 8.79. The minimum atomic E-state index is -5.22. The Bertz CT molecular complexity index is 1220. The lowest BCUT2D eigenvalue weighted by Gasteiger charge is -2.32. The Morgan fingerprint density at radius 3 is 2.17 bits per heavy atom. The van der Waals surface area contributed by atoms with E-state index in [0.29, 0.717) is 29.9 Å². The van der Waals surface area contributed by atoms with Crippen LogP contribution in [-0.4, -0.2) is 17.0 Å². The maximum absolute atomic E-state index is 14.0. The van der Waals surface area contributed by atoms with E-state index in [4.69, 9.17) is 4.74 Å². The smallest absolute Gasteiger partial charge is 0.431 e. The first kappa shape index (κ1) is 26.0. The fourth-order valence-electron chi connectivity index (χ4n) is 3.79. The van der Waals surface area contributed by atoms with Crippen molar-refractivity contribution < 1.29 is 40.6 Å². The van der Waals surface area contributed by atoms with Gasteiger partial charge in [0.25, 0.3) is 0 Å². The molecule has 2 N–H and O–H groups in total. The van der Waals surface area contributed by atoms with E-state index in [-0.39, 0.29) is 11.3 Å². The molecule has 3 aromatic rings. The third kappa shape index (κ3) is 6.17. The van der Waals surface area contributed by atoms with Crippen molar-refractivity contribution in [3.63, 3.8) is 0 Å². The molecular formula is C26H22F7NO2. The van der Waals surface area contributed by atoms with Crippen molar-refractivity contribution in [3.05, 3.63) is 94.8 Å². The Hall–Kier alpha value is -3.11. The number of aliphatic hydroxyl groups is 1. The summed E-state index contributed by atoms with van der Waals surface area (Å²) >= 11 is 0. The van der Waals surface area contributed by atoms with Crippen LogP contribution >= 0.6 is 0 Å². The number of benzene rings is 3. The lowest BCUT2D eigenvalue weighted by molar-refractivity contribution is -0.273. The number of alkyl halides is 6. The van der Waals surface area contributed by atoms with Gasteiger partial charge in [0, 0.05) is 18.5 Å². The molecule has 36 heavy (non-hydrogen) atoms. The average molecular weight is 513 g/mol. The average Bonchev–Trinajstić information content (AvgIpc) is 3.63. The van der Waals surface area contributed by atoms with Gasteiger partial charge in [-0.1, -0.05) is 24.3 Å². The summed E-state index contributed by atoms with van der Waals surface area (Å²) < 4.78 is 100. The molecule has 1 atom stereocenters. The van der Waals surface area contributed by atoms with Crippen molar-refractivity contribution in [2.24, 2.45) is 0 Å². The molecule has 0 aliphatic heterocycles. The Labute approximate surface area is 202 Å². The van der Waals surface area contributed by atoms with Crippen LogP contribution in [0.15, 0.2) is 66.7 Å². The molecule has 1 saturated carbocycles. The number of rotatable bonds is 8. The van der Waals surface area contributed by atoms with E-state index in [9.17, 15) is 35.8 Å². The number of ether oxygens (including phenoxy) is 1. The van der Waals surface area contributed by atoms with Gasteiger partial charge in [-0.15, -0.1) is 0 Å². The van der Waals surface area contributed by atoms with Gasteiger partial charge in [0.05, 0.1) is 5.56 Å². The number of halogens is 7. The standard InChI is InChI=1S/C26H22F7NO2/c27-23-10-9-20(25(28,29)30)12-19(23)15-34-24(35,26(31,32)33)14-16-3-1-5-21(11-16)36-22-6-2-4-18(13-22)17-7-8-17/h1-6,9-13,17,34-35H,7-8,14-15H2/t24-/m1/s1. The van der Waals surface area contributed by atoms with E-state index in [2.05, 4.69) is 0 Å². The van der Waals surface area contributed by atoms with Gasteiger partial charge in [-0.3, -0.25) is 5.32 Å². The zero-order valence-corrected chi connectivity index (χ0v) is 18.8. The van der Waals surface area contributed by atoms with Crippen LogP contribution in [0.3, 0.4) is 0 Å². The molecule has 4 rings (SSSR count). The number of nitrogens with one attached hydrogen (secondary N) is 1. The van der Waals surface area contributed by atoms with Crippen LogP contribution in [0.4, 0.5) is 30.7 Å². The first-order valence-electron chi connectivity index (χ1n) is 11.1. The molecule has 10 heteroatoms. The first-order valence-corrected chi connectivity index (χ1v) is 11.1. The molecule has 0 saturated heterocycles. The summed E-state index contributed by atoms with van der Waals surface area (Å²) in [7, 11) is 0. The predicted octanol–water partition coefficient (Wildman–Crippen LogP) is 7.10. The van der Waals surface area contributed by atoms with Gasteiger partial charge < -0.3 is 9.84 Å². The van der Waals surface area contributed by atoms with Gasteiger partial charge in [-0.25, -0.2) is 4.39 Å². The Morgan fingerprint density at radius 2 is 1.53 bits per heavy atom. The van der Waals surface area contributed by atoms with Crippen LogP contribution in [0.1, 0.15) is 41.0 Å². The highest BCUT2D eigenvalue weighted by molar-refractivity contribution is 5.38. The van der Waals surface area contributed by atoms with E-state index in [1.54, 1.807) is 17.4 Å². The van der Waals surface area contributed by atoms with E-state index in [0.717, 1.165) is 18.4 Å². The third-order valence-corrected chi connectivity index (χ3v) is 5.91. The summed E-state index contributed by atoms with van der Waals surface area (Å²) in [5, 5.41) is 12.2. The van der Waals surface area contributed by atoms with Crippen molar-refractivity contribution in [3.8, 4) is 11.5 Å². The first-order chi connectivity index (χ1) is 16.8. The van der Waals surface area contributed by atoms with Gasteiger partial charge in [0.15, 0.2) is 0 Å². The number of hydrogen-bond acceptors (Lipinski definition) is 3. The van der Waals surface area contributed by atoms with Crippen LogP contribution in [0, 0.1) is 5.82 Å². The van der Waals surface area contributed by atoms with Crippen LogP contribution in [0.2, 0.25) is 0 Å². The van der Waals surface area contributed by atoms with Crippen molar-refractivity contribution in [2.45, 2.75) is 49.8 Å².